The zero-order valence-corrected chi connectivity index (χ0v) is 7.46. The predicted octanol–water partition coefficient (Wildman–Crippen LogP) is 2.58. The van der Waals surface area contributed by atoms with Crippen molar-refractivity contribution < 1.29 is 0 Å². The summed E-state index contributed by atoms with van der Waals surface area (Å²) in [6, 6.07) is 8.74. The van der Waals surface area contributed by atoms with Crippen LogP contribution in [-0.4, -0.2) is 0 Å². The lowest BCUT2D eigenvalue weighted by Gasteiger charge is -2.11. The summed E-state index contributed by atoms with van der Waals surface area (Å²) in [5.74, 6) is 0.812. The van der Waals surface area contributed by atoms with Crippen LogP contribution < -0.4 is 5.73 Å². The van der Waals surface area contributed by atoms with Crippen LogP contribution in [0.25, 0.3) is 0 Å². The van der Waals surface area contributed by atoms with E-state index >= 15 is 0 Å². The second kappa shape index (κ2) is 2.91. The first-order chi connectivity index (χ1) is 5.79. The van der Waals surface area contributed by atoms with Gasteiger partial charge >= 0.3 is 0 Å². The summed E-state index contributed by atoms with van der Waals surface area (Å²) < 4.78 is 0. The second-order valence-corrected chi connectivity index (χ2v) is 3.69. The van der Waals surface area contributed by atoms with Crippen LogP contribution >= 0.6 is 0 Å². The summed E-state index contributed by atoms with van der Waals surface area (Å²) in [6.07, 6.45) is 2.70. The lowest BCUT2D eigenvalue weighted by Crippen LogP contribution is -2.07. The van der Waals surface area contributed by atoms with Crippen molar-refractivity contribution >= 4 is 0 Å². The molecular weight excluding hydrogens is 146 g/mol. The van der Waals surface area contributed by atoms with Gasteiger partial charge in [0.25, 0.3) is 0 Å². The molecule has 1 atom stereocenters. The van der Waals surface area contributed by atoms with Crippen LogP contribution in [0.3, 0.4) is 0 Å². The molecule has 0 heterocycles. The van der Waals surface area contributed by atoms with Gasteiger partial charge in [0, 0.05) is 6.04 Å². The van der Waals surface area contributed by atoms with Crippen LogP contribution in [0, 0.1) is 0 Å². The molecule has 1 saturated carbocycles. The van der Waals surface area contributed by atoms with E-state index in [0.717, 1.165) is 5.92 Å². The van der Waals surface area contributed by atoms with Gasteiger partial charge in [-0.25, -0.2) is 0 Å². The minimum absolute atomic E-state index is 0.182. The lowest BCUT2D eigenvalue weighted by atomic mass is 9.99. The van der Waals surface area contributed by atoms with E-state index in [2.05, 4.69) is 31.2 Å². The molecule has 64 valence electrons. The number of benzene rings is 1. The zero-order valence-electron chi connectivity index (χ0n) is 7.46. The quantitative estimate of drug-likeness (QED) is 0.708. The van der Waals surface area contributed by atoms with E-state index in [9.17, 15) is 0 Å². The maximum atomic E-state index is 5.88. The minimum atomic E-state index is 0.182. The van der Waals surface area contributed by atoms with Crippen molar-refractivity contribution in [3.63, 3.8) is 0 Å². The molecule has 1 aromatic rings. The molecule has 1 nitrogen and oxygen atoms in total. The van der Waals surface area contributed by atoms with Gasteiger partial charge in [-0.15, -0.1) is 0 Å². The Labute approximate surface area is 73.6 Å². The maximum Gasteiger partial charge on any atom is 0.0268 e. The Bertz CT molecular complexity index is 253. The minimum Gasteiger partial charge on any atom is -0.324 e. The van der Waals surface area contributed by atoms with Crippen molar-refractivity contribution in [2.75, 3.05) is 0 Å². The Hall–Kier alpha value is -0.820. The third-order valence-electron chi connectivity index (χ3n) is 2.50. The predicted molar refractivity (Wildman–Crippen MR) is 51.0 cm³/mol. The van der Waals surface area contributed by atoms with Gasteiger partial charge in [0.05, 0.1) is 0 Å². The van der Waals surface area contributed by atoms with Gasteiger partial charge in [0.2, 0.25) is 0 Å². The van der Waals surface area contributed by atoms with Crippen LogP contribution in [-0.2, 0) is 0 Å². The van der Waals surface area contributed by atoms with E-state index in [1.807, 2.05) is 0 Å². The molecule has 1 aromatic carbocycles. The fourth-order valence-electron chi connectivity index (χ4n) is 1.69. The first-order valence-electron chi connectivity index (χ1n) is 4.63. The van der Waals surface area contributed by atoms with Crippen LogP contribution in [0.1, 0.15) is 42.9 Å². The Morgan fingerprint density at radius 2 is 2.00 bits per heavy atom. The number of hydrogen-bond donors (Lipinski definition) is 1. The van der Waals surface area contributed by atoms with Crippen molar-refractivity contribution in [2.45, 2.75) is 31.7 Å². The van der Waals surface area contributed by atoms with Gasteiger partial charge in [-0.1, -0.05) is 24.3 Å². The molecule has 1 fully saturated rings. The highest BCUT2D eigenvalue weighted by Crippen LogP contribution is 2.42. The van der Waals surface area contributed by atoms with E-state index in [-0.39, 0.29) is 6.04 Å². The van der Waals surface area contributed by atoms with Crippen molar-refractivity contribution in [3.8, 4) is 0 Å². The molecule has 0 aliphatic heterocycles. The molecule has 0 unspecified atom stereocenters. The van der Waals surface area contributed by atoms with Gasteiger partial charge in [0.1, 0.15) is 0 Å². The van der Waals surface area contributed by atoms with Gasteiger partial charge < -0.3 is 5.73 Å². The molecule has 2 N–H and O–H groups in total. The first-order valence-corrected chi connectivity index (χ1v) is 4.63. The molecule has 1 aliphatic carbocycles. The van der Waals surface area contributed by atoms with Crippen LogP contribution in [0.5, 0.6) is 0 Å². The molecule has 2 rings (SSSR count). The zero-order chi connectivity index (χ0) is 8.55. The van der Waals surface area contributed by atoms with Gasteiger partial charge in [-0.3, -0.25) is 0 Å². The van der Waals surface area contributed by atoms with Crippen LogP contribution in [0.4, 0.5) is 0 Å². The Kier molecular flexibility index (Phi) is 1.89. The van der Waals surface area contributed by atoms with E-state index in [1.54, 1.807) is 0 Å². The fraction of sp³-hybridized carbons (Fsp3) is 0.455. The Balaban J connectivity index is 2.36. The Morgan fingerprint density at radius 3 is 2.58 bits per heavy atom. The maximum absolute atomic E-state index is 5.88. The molecule has 0 radical (unpaired) electrons. The van der Waals surface area contributed by atoms with E-state index < -0.39 is 0 Å². The highest BCUT2D eigenvalue weighted by Gasteiger charge is 2.26. The summed E-state index contributed by atoms with van der Waals surface area (Å²) in [4.78, 5) is 0. The molecule has 0 spiro atoms. The standard InChI is InChI=1S/C11H15N/c1-8(12)10-4-2-3-5-11(10)9-6-7-9/h2-5,8-9H,6-7,12H2,1H3/t8-/m1/s1. The number of hydrogen-bond acceptors (Lipinski definition) is 1. The average molecular weight is 161 g/mol. The largest absolute Gasteiger partial charge is 0.324 e. The number of nitrogens with two attached hydrogens (primary N) is 1. The van der Waals surface area contributed by atoms with Gasteiger partial charge in [0.15, 0.2) is 0 Å². The molecule has 0 saturated heterocycles. The fourth-order valence-corrected chi connectivity index (χ4v) is 1.69. The van der Waals surface area contributed by atoms with Gasteiger partial charge in [-0.2, -0.15) is 0 Å². The first kappa shape index (κ1) is 7.81. The smallest absolute Gasteiger partial charge is 0.0268 e. The molecule has 1 aliphatic rings. The SMILES string of the molecule is C[C@@H](N)c1ccccc1C1CC1. The molecule has 0 aromatic heterocycles. The normalized spacial score (nSPS) is 19.2. The molecule has 1 heteroatoms. The van der Waals surface area contributed by atoms with Crippen molar-refractivity contribution in [1.82, 2.24) is 0 Å². The van der Waals surface area contributed by atoms with Crippen LogP contribution in [0.15, 0.2) is 24.3 Å². The summed E-state index contributed by atoms with van der Waals surface area (Å²) in [5, 5.41) is 0. The summed E-state index contributed by atoms with van der Waals surface area (Å²) in [5.41, 5.74) is 8.69. The third kappa shape index (κ3) is 1.37. The van der Waals surface area contributed by atoms with E-state index in [1.165, 1.54) is 24.0 Å². The highest BCUT2D eigenvalue weighted by atomic mass is 14.6. The third-order valence-corrected chi connectivity index (χ3v) is 2.50. The molecule has 0 amide bonds. The van der Waals surface area contributed by atoms with Crippen molar-refractivity contribution in [2.24, 2.45) is 5.73 Å². The highest BCUT2D eigenvalue weighted by molar-refractivity contribution is 5.34. The molecule has 0 bridgehead atoms. The monoisotopic (exact) mass is 161 g/mol. The summed E-state index contributed by atoms with van der Waals surface area (Å²) in [7, 11) is 0. The second-order valence-electron chi connectivity index (χ2n) is 3.69. The number of rotatable bonds is 2. The van der Waals surface area contributed by atoms with Gasteiger partial charge in [-0.05, 0) is 36.8 Å². The van der Waals surface area contributed by atoms with Crippen molar-refractivity contribution in [1.29, 1.82) is 0 Å². The van der Waals surface area contributed by atoms with Crippen molar-refractivity contribution in [3.05, 3.63) is 35.4 Å². The summed E-state index contributed by atoms with van der Waals surface area (Å²) in [6.45, 7) is 2.06. The topological polar surface area (TPSA) is 26.0 Å². The molecule has 12 heavy (non-hydrogen) atoms. The average Bonchev–Trinajstić information content (AvgIpc) is 2.87. The summed E-state index contributed by atoms with van der Waals surface area (Å²) >= 11 is 0. The van der Waals surface area contributed by atoms with E-state index in [0.29, 0.717) is 0 Å². The Morgan fingerprint density at radius 1 is 1.33 bits per heavy atom. The van der Waals surface area contributed by atoms with Crippen LogP contribution in [0.2, 0.25) is 0 Å². The van der Waals surface area contributed by atoms with E-state index in [4.69, 9.17) is 5.73 Å². The lowest BCUT2D eigenvalue weighted by molar-refractivity contribution is 0.799. The molecular formula is C11H15N.